The van der Waals surface area contributed by atoms with Gasteiger partial charge in [-0.25, -0.2) is 9.52 Å². The van der Waals surface area contributed by atoms with Crippen molar-refractivity contribution >= 4 is 16.3 Å². The van der Waals surface area contributed by atoms with Crippen LogP contribution >= 0.6 is 0 Å². The molecule has 0 spiro atoms. The Morgan fingerprint density at radius 2 is 2.00 bits per heavy atom. The van der Waals surface area contributed by atoms with Crippen LogP contribution in [-0.4, -0.2) is 32.8 Å². The van der Waals surface area contributed by atoms with E-state index in [0.29, 0.717) is 5.56 Å². The van der Waals surface area contributed by atoms with Gasteiger partial charge in [-0.2, -0.15) is 13.1 Å². The minimum atomic E-state index is -4.10. The third-order valence-electron chi connectivity index (χ3n) is 2.18. The molecule has 0 aliphatic heterocycles. The first-order valence-electron chi connectivity index (χ1n) is 5.61. The van der Waals surface area contributed by atoms with Crippen molar-refractivity contribution in [3.05, 3.63) is 35.9 Å². The average Bonchev–Trinajstić information content (AvgIpc) is 2.36. The Morgan fingerprint density at radius 3 is 2.53 bits per heavy atom. The van der Waals surface area contributed by atoms with Gasteiger partial charge in [0.1, 0.15) is 0 Å². The summed E-state index contributed by atoms with van der Waals surface area (Å²) in [4.78, 5) is 11.1. The number of hydrogen-bond donors (Lipinski definition) is 3. The monoisotopic (exact) mass is 288 g/mol. The molecule has 106 valence electrons. The summed E-state index contributed by atoms with van der Waals surface area (Å²) in [7, 11) is -4.10. The first-order chi connectivity index (χ1) is 8.98. The fraction of sp³-hybridized carbons (Fsp3) is 0.364. The van der Waals surface area contributed by atoms with Crippen molar-refractivity contribution < 1.29 is 23.1 Å². The van der Waals surface area contributed by atoms with E-state index in [-0.39, 0.29) is 6.61 Å². The van der Waals surface area contributed by atoms with Gasteiger partial charge >= 0.3 is 16.3 Å². The molecule has 1 atom stereocenters. The van der Waals surface area contributed by atoms with Crippen LogP contribution in [-0.2, 0) is 14.9 Å². The van der Waals surface area contributed by atoms with Crippen LogP contribution in [0.2, 0.25) is 0 Å². The molecule has 0 unspecified atom stereocenters. The van der Waals surface area contributed by atoms with Gasteiger partial charge in [0, 0.05) is 0 Å². The molecule has 19 heavy (non-hydrogen) atoms. The molecule has 0 saturated heterocycles. The second-order valence-corrected chi connectivity index (χ2v) is 5.04. The largest absolute Gasteiger partial charge is 0.449 e. The van der Waals surface area contributed by atoms with E-state index < -0.39 is 29.0 Å². The zero-order valence-corrected chi connectivity index (χ0v) is 11.2. The van der Waals surface area contributed by atoms with Crippen molar-refractivity contribution in [3.8, 4) is 0 Å². The van der Waals surface area contributed by atoms with Crippen LogP contribution in [0.3, 0.4) is 0 Å². The van der Waals surface area contributed by atoms with Crippen molar-refractivity contribution in [3.63, 3.8) is 0 Å². The minimum absolute atomic E-state index is 0.0590. The lowest BCUT2D eigenvalue weighted by molar-refractivity contribution is 0.158. The SMILES string of the molecule is CCOC(=O)NS(=O)(=O)N[C@@H](CO)c1ccccc1. The standard InChI is InChI=1S/C11H16N2O5S/c1-2-18-11(15)13-19(16,17)12-10(8-14)9-6-4-3-5-7-9/h3-7,10,12,14H,2,8H2,1H3,(H,13,15)/t10-/m0/s1. The van der Waals surface area contributed by atoms with E-state index >= 15 is 0 Å². The maximum Gasteiger partial charge on any atom is 0.421 e. The van der Waals surface area contributed by atoms with E-state index in [1.165, 1.54) is 0 Å². The van der Waals surface area contributed by atoms with Crippen molar-refractivity contribution in [2.75, 3.05) is 13.2 Å². The molecule has 0 aromatic heterocycles. The molecule has 3 N–H and O–H groups in total. The van der Waals surface area contributed by atoms with Crippen molar-refractivity contribution in [2.45, 2.75) is 13.0 Å². The number of ether oxygens (including phenoxy) is 1. The molecule has 1 rings (SSSR count). The smallest absolute Gasteiger partial charge is 0.421 e. The predicted octanol–water partition coefficient (Wildman–Crippen LogP) is 0.300. The van der Waals surface area contributed by atoms with Crippen molar-refractivity contribution in [1.29, 1.82) is 0 Å². The maximum absolute atomic E-state index is 11.6. The summed E-state index contributed by atoms with van der Waals surface area (Å²) in [5, 5.41) is 9.21. The molecule has 1 aromatic carbocycles. The number of aliphatic hydroxyl groups excluding tert-OH is 1. The maximum atomic E-state index is 11.6. The van der Waals surface area contributed by atoms with Crippen LogP contribution in [0.25, 0.3) is 0 Å². The van der Waals surface area contributed by atoms with Gasteiger partial charge in [-0.3, -0.25) is 0 Å². The third kappa shape index (κ3) is 5.25. The zero-order chi connectivity index (χ0) is 14.3. The number of carbonyl (C=O) groups excluding carboxylic acids is 1. The molecule has 1 amide bonds. The fourth-order valence-corrected chi connectivity index (χ4v) is 2.31. The highest BCUT2D eigenvalue weighted by atomic mass is 32.2. The summed E-state index contributed by atoms with van der Waals surface area (Å²) in [6, 6.07) is 7.68. The highest BCUT2D eigenvalue weighted by Gasteiger charge is 2.21. The van der Waals surface area contributed by atoms with Gasteiger partial charge in [-0.15, -0.1) is 0 Å². The minimum Gasteiger partial charge on any atom is -0.449 e. The van der Waals surface area contributed by atoms with Gasteiger partial charge in [-0.1, -0.05) is 30.3 Å². The third-order valence-corrected chi connectivity index (χ3v) is 3.21. The molecule has 7 nitrogen and oxygen atoms in total. The molecule has 0 radical (unpaired) electrons. The molecule has 0 fully saturated rings. The number of nitrogens with one attached hydrogen (secondary N) is 2. The Kier molecular flexibility index (Phi) is 5.74. The Bertz CT molecular complexity index is 503. The molecule has 0 aliphatic carbocycles. The molecular weight excluding hydrogens is 272 g/mol. The van der Waals surface area contributed by atoms with Gasteiger partial charge in [0.2, 0.25) is 0 Å². The summed E-state index contributed by atoms with van der Waals surface area (Å²) in [6.45, 7) is 1.18. The summed E-state index contributed by atoms with van der Waals surface area (Å²) < 4.78 is 31.6. The highest BCUT2D eigenvalue weighted by molar-refractivity contribution is 7.88. The lowest BCUT2D eigenvalue weighted by Gasteiger charge is -2.16. The Hall–Kier alpha value is -1.64. The van der Waals surface area contributed by atoms with Crippen LogP contribution in [0, 0.1) is 0 Å². The van der Waals surface area contributed by atoms with Crippen molar-refractivity contribution in [1.82, 2.24) is 9.44 Å². The number of aliphatic hydroxyl groups is 1. The predicted molar refractivity (Wildman–Crippen MR) is 68.5 cm³/mol. The molecule has 1 aromatic rings. The van der Waals surface area contributed by atoms with Gasteiger partial charge in [-0.05, 0) is 12.5 Å². The van der Waals surface area contributed by atoms with Crippen LogP contribution in [0.4, 0.5) is 4.79 Å². The number of carbonyl (C=O) groups is 1. The Balaban J connectivity index is 2.73. The first kappa shape index (κ1) is 15.4. The van der Waals surface area contributed by atoms with Gasteiger partial charge in [0.05, 0.1) is 19.3 Å². The molecule has 0 aliphatic rings. The molecule has 8 heteroatoms. The molecule has 0 saturated carbocycles. The summed E-state index contributed by atoms with van der Waals surface area (Å²) >= 11 is 0. The fourth-order valence-electron chi connectivity index (χ4n) is 1.38. The van der Waals surface area contributed by atoms with Gasteiger partial charge < -0.3 is 9.84 Å². The second-order valence-electron chi connectivity index (χ2n) is 3.59. The lowest BCUT2D eigenvalue weighted by Crippen LogP contribution is -2.43. The van der Waals surface area contributed by atoms with E-state index in [4.69, 9.17) is 0 Å². The van der Waals surface area contributed by atoms with Gasteiger partial charge in [0.15, 0.2) is 0 Å². The van der Waals surface area contributed by atoms with E-state index in [1.54, 1.807) is 42.0 Å². The van der Waals surface area contributed by atoms with Gasteiger partial charge in [0.25, 0.3) is 0 Å². The number of amides is 1. The zero-order valence-electron chi connectivity index (χ0n) is 10.4. The summed E-state index contributed by atoms with van der Waals surface area (Å²) in [5.41, 5.74) is 0.583. The molecular formula is C11H16N2O5S. The van der Waals surface area contributed by atoms with Crippen LogP contribution in [0.5, 0.6) is 0 Å². The molecule has 0 bridgehead atoms. The quantitative estimate of drug-likeness (QED) is 0.698. The summed E-state index contributed by atoms with van der Waals surface area (Å²) in [5.74, 6) is 0. The van der Waals surface area contributed by atoms with Crippen LogP contribution < -0.4 is 9.44 Å². The van der Waals surface area contributed by atoms with E-state index in [2.05, 4.69) is 9.46 Å². The van der Waals surface area contributed by atoms with Crippen LogP contribution in [0.15, 0.2) is 30.3 Å². The number of benzene rings is 1. The lowest BCUT2D eigenvalue weighted by atomic mass is 10.1. The van der Waals surface area contributed by atoms with E-state index in [0.717, 1.165) is 0 Å². The highest BCUT2D eigenvalue weighted by Crippen LogP contribution is 2.12. The Labute approximate surface area is 111 Å². The first-order valence-corrected chi connectivity index (χ1v) is 7.09. The van der Waals surface area contributed by atoms with E-state index in [1.807, 2.05) is 0 Å². The number of hydrogen-bond acceptors (Lipinski definition) is 5. The van der Waals surface area contributed by atoms with E-state index in [9.17, 15) is 18.3 Å². The Morgan fingerprint density at radius 1 is 1.37 bits per heavy atom. The topological polar surface area (TPSA) is 105 Å². The average molecular weight is 288 g/mol. The normalized spacial score (nSPS) is 12.7. The molecule has 0 heterocycles. The number of rotatable bonds is 6. The van der Waals surface area contributed by atoms with Crippen LogP contribution in [0.1, 0.15) is 18.5 Å². The second kappa shape index (κ2) is 7.07. The summed E-state index contributed by atoms with van der Waals surface area (Å²) in [6.07, 6.45) is -1.07. The van der Waals surface area contributed by atoms with Crippen molar-refractivity contribution in [2.24, 2.45) is 0 Å².